The highest BCUT2D eigenvalue weighted by Crippen LogP contribution is 2.40. The first kappa shape index (κ1) is 15.8. The van der Waals surface area contributed by atoms with Gasteiger partial charge in [-0.3, -0.25) is 14.5 Å². The van der Waals surface area contributed by atoms with Gasteiger partial charge >= 0.3 is 6.09 Å². The summed E-state index contributed by atoms with van der Waals surface area (Å²) in [5, 5.41) is 6.57. The second kappa shape index (κ2) is 6.79. The lowest BCUT2D eigenvalue weighted by atomic mass is 10.0. The lowest BCUT2D eigenvalue weighted by Gasteiger charge is -2.20. The molecule has 1 aliphatic rings. The number of hydrogen-bond acceptors (Lipinski definition) is 5. The van der Waals surface area contributed by atoms with Gasteiger partial charge in [0.2, 0.25) is 11.1 Å². The van der Waals surface area contributed by atoms with Crippen LogP contribution in [-0.2, 0) is 9.63 Å². The molecule has 108 valence electrons. The Labute approximate surface area is 117 Å². The number of carbonyl (C=O) groups is 2. The highest BCUT2D eigenvalue weighted by atomic mass is 32.2. The van der Waals surface area contributed by atoms with Crippen molar-refractivity contribution in [2.45, 2.75) is 44.8 Å². The molecule has 7 heteroatoms. The van der Waals surface area contributed by atoms with Crippen molar-refractivity contribution in [1.82, 2.24) is 10.2 Å². The quantitative estimate of drug-likeness (QED) is 0.621. The lowest BCUT2D eigenvalue weighted by Crippen LogP contribution is -2.38. The molecule has 1 atom stereocenters. The molecule has 1 N–H and O–H groups in total. The number of rotatable bonds is 5. The summed E-state index contributed by atoms with van der Waals surface area (Å²) < 4.78 is -0.505. The van der Waals surface area contributed by atoms with Crippen molar-refractivity contribution in [1.29, 1.82) is 0 Å². The van der Waals surface area contributed by atoms with E-state index in [1.54, 1.807) is 4.90 Å². The Kier molecular flexibility index (Phi) is 5.65. The minimum absolute atomic E-state index is 0.0421. The van der Waals surface area contributed by atoms with Crippen LogP contribution < -0.4 is 5.32 Å². The van der Waals surface area contributed by atoms with Crippen molar-refractivity contribution in [2.24, 2.45) is 5.16 Å². The summed E-state index contributed by atoms with van der Waals surface area (Å²) in [6.07, 6.45) is 1.88. The molecule has 1 aliphatic heterocycles. The third-order valence-electron chi connectivity index (χ3n) is 2.83. The topological polar surface area (TPSA) is 71.0 Å². The molecule has 0 bridgehead atoms. The molecular weight excluding hydrogens is 266 g/mol. The minimum atomic E-state index is -0.638. The van der Waals surface area contributed by atoms with E-state index in [9.17, 15) is 9.59 Å². The van der Waals surface area contributed by atoms with Gasteiger partial charge in [-0.2, -0.15) is 0 Å². The molecule has 0 aliphatic carbocycles. The Morgan fingerprint density at radius 3 is 2.68 bits per heavy atom. The van der Waals surface area contributed by atoms with Gasteiger partial charge in [0, 0.05) is 13.6 Å². The molecule has 0 aromatic carbocycles. The van der Waals surface area contributed by atoms with Crippen LogP contribution in [0.3, 0.4) is 0 Å². The van der Waals surface area contributed by atoms with Gasteiger partial charge in [0.15, 0.2) is 0 Å². The van der Waals surface area contributed by atoms with Crippen LogP contribution in [0, 0.1) is 0 Å². The van der Waals surface area contributed by atoms with Crippen LogP contribution in [0.2, 0.25) is 0 Å². The van der Waals surface area contributed by atoms with Crippen LogP contribution in [-0.4, -0.2) is 40.4 Å². The second-order valence-corrected chi connectivity index (χ2v) is 6.01. The van der Waals surface area contributed by atoms with Crippen LogP contribution >= 0.6 is 11.8 Å². The number of amidine groups is 1. The van der Waals surface area contributed by atoms with Gasteiger partial charge in [0.05, 0.1) is 4.75 Å². The molecule has 19 heavy (non-hydrogen) atoms. The normalized spacial score (nSPS) is 24.9. The molecule has 2 amide bonds. The third kappa shape index (κ3) is 3.62. The average molecular weight is 287 g/mol. The predicted molar refractivity (Wildman–Crippen MR) is 75.9 cm³/mol. The van der Waals surface area contributed by atoms with Crippen molar-refractivity contribution in [3.63, 3.8) is 0 Å². The molecule has 6 nitrogen and oxygen atoms in total. The predicted octanol–water partition coefficient (Wildman–Crippen LogP) is 2.16. The fraction of sp³-hybridized carbons (Fsp3) is 0.750. The third-order valence-corrected chi connectivity index (χ3v) is 4.14. The number of hydrogen-bond donors (Lipinski definition) is 1. The first-order valence-corrected chi connectivity index (χ1v) is 7.27. The Morgan fingerprint density at radius 2 is 2.16 bits per heavy atom. The fourth-order valence-electron chi connectivity index (χ4n) is 1.92. The van der Waals surface area contributed by atoms with E-state index in [4.69, 9.17) is 4.84 Å². The number of thioether (sulfide) groups is 1. The Morgan fingerprint density at radius 1 is 1.47 bits per heavy atom. The van der Waals surface area contributed by atoms with Crippen molar-refractivity contribution in [3.05, 3.63) is 0 Å². The zero-order valence-electron chi connectivity index (χ0n) is 11.9. The number of oxime groups is 1. The molecule has 1 fully saturated rings. The minimum Gasteiger partial charge on any atom is -0.323 e. The molecule has 0 aromatic heterocycles. The molecule has 0 aromatic rings. The molecule has 0 spiro atoms. The number of carbonyl (C=O) groups excluding carboxylic acids is 2. The van der Waals surface area contributed by atoms with Crippen molar-refractivity contribution in [3.8, 4) is 0 Å². The van der Waals surface area contributed by atoms with E-state index >= 15 is 0 Å². The van der Waals surface area contributed by atoms with Crippen LogP contribution in [0.1, 0.15) is 40.0 Å². The van der Waals surface area contributed by atoms with Crippen molar-refractivity contribution < 1.29 is 14.4 Å². The zero-order valence-corrected chi connectivity index (χ0v) is 12.7. The Hall–Kier alpha value is -1.24. The standard InChI is InChI=1S/C12H21N3O3S/c1-5-7-12(3)9(16)15(8-6-2)10(19-12)14-18-11(17)13-4/h5-8H2,1-4H3,(H,13,17). The first-order valence-electron chi connectivity index (χ1n) is 6.46. The summed E-state index contributed by atoms with van der Waals surface area (Å²) in [7, 11) is 1.46. The van der Waals surface area contributed by atoms with E-state index < -0.39 is 10.8 Å². The Bertz CT molecular complexity index is 386. The van der Waals surface area contributed by atoms with E-state index in [1.165, 1.54) is 18.8 Å². The molecule has 0 saturated carbocycles. The second-order valence-electron chi connectivity index (χ2n) is 4.54. The van der Waals surface area contributed by atoms with E-state index in [1.807, 2.05) is 20.8 Å². The van der Waals surface area contributed by atoms with Crippen molar-refractivity contribution in [2.75, 3.05) is 13.6 Å². The highest BCUT2D eigenvalue weighted by Gasteiger charge is 2.47. The maximum absolute atomic E-state index is 12.4. The molecule has 1 saturated heterocycles. The van der Waals surface area contributed by atoms with E-state index in [0.717, 1.165) is 19.3 Å². The van der Waals surface area contributed by atoms with Gasteiger partial charge in [-0.15, -0.1) is 0 Å². The van der Waals surface area contributed by atoms with Gasteiger partial charge in [0.1, 0.15) is 0 Å². The summed E-state index contributed by atoms with van der Waals surface area (Å²) in [5.74, 6) is 0.0421. The highest BCUT2D eigenvalue weighted by molar-refractivity contribution is 8.16. The van der Waals surface area contributed by atoms with Crippen LogP contribution in [0.4, 0.5) is 4.79 Å². The maximum atomic E-state index is 12.4. The summed E-state index contributed by atoms with van der Waals surface area (Å²) in [5.41, 5.74) is 0. The lowest BCUT2D eigenvalue weighted by molar-refractivity contribution is -0.129. The summed E-state index contributed by atoms with van der Waals surface area (Å²) in [6, 6.07) is 0. The van der Waals surface area contributed by atoms with E-state index in [0.29, 0.717) is 11.7 Å². The van der Waals surface area contributed by atoms with Gasteiger partial charge in [0.25, 0.3) is 0 Å². The first-order chi connectivity index (χ1) is 8.98. The van der Waals surface area contributed by atoms with Gasteiger partial charge < -0.3 is 5.32 Å². The van der Waals surface area contributed by atoms with Gasteiger partial charge in [-0.1, -0.05) is 32.0 Å². The molecule has 1 rings (SSSR count). The number of nitrogens with one attached hydrogen (secondary N) is 1. The summed E-state index contributed by atoms with van der Waals surface area (Å²) in [4.78, 5) is 29.7. The number of nitrogens with zero attached hydrogens (tertiary/aromatic N) is 2. The van der Waals surface area contributed by atoms with E-state index in [2.05, 4.69) is 10.5 Å². The largest absolute Gasteiger partial charge is 0.433 e. The summed E-state index contributed by atoms with van der Waals surface area (Å²) >= 11 is 1.37. The van der Waals surface area contributed by atoms with Crippen LogP contribution in [0.5, 0.6) is 0 Å². The molecule has 1 unspecified atom stereocenters. The maximum Gasteiger partial charge on any atom is 0.433 e. The van der Waals surface area contributed by atoms with Crippen LogP contribution in [0.25, 0.3) is 0 Å². The zero-order chi connectivity index (χ0) is 14.5. The van der Waals surface area contributed by atoms with Gasteiger partial charge in [-0.05, 0) is 24.9 Å². The average Bonchev–Trinajstić information content (AvgIpc) is 2.61. The molecule has 1 heterocycles. The SMILES string of the molecule is CCCN1C(=O)C(C)(CCC)SC1=NOC(=O)NC. The molecule has 0 radical (unpaired) electrons. The summed E-state index contributed by atoms with van der Waals surface area (Å²) in [6.45, 7) is 6.53. The van der Waals surface area contributed by atoms with Gasteiger partial charge in [-0.25, -0.2) is 4.79 Å². The monoisotopic (exact) mass is 287 g/mol. The smallest absolute Gasteiger partial charge is 0.323 e. The fourth-order valence-corrected chi connectivity index (χ4v) is 3.19. The number of amides is 2. The van der Waals surface area contributed by atoms with E-state index in [-0.39, 0.29) is 5.91 Å². The Balaban J connectivity index is 2.89. The molecular formula is C12H21N3O3S. The van der Waals surface area contributed by atoms with Crippen molar-refractivity contribution >= 4 is 28.9 Å². The van der Waals surface area contributed by atoms with Crippen LogP contribution in [0.15, 0.2) is 5.16 Å².